The number of rotatable bonds is 9. The van der Waals surface area contributed by atoms with Crippen molar-refractivity contribution >= 4 is 0 Å². The molecule has 110 valence electrons. The van der Waals surface area contributed by atoms with Crippen LogP contribution < -0.4 is 10.1 Å². The van der Waals surface area contributed by atoms with Crippen LogP contribution >= 0.6 is 0 Å². The van der Waals surface area contributed by atoms with Gasteiger partial charge in [-0.1, -0.05) is 32.4 Å². The number of hydrogen-bond acceptors (Lipinski definition) is 3. The minimum Gasteiger partial charge on any atom is -0.491 e. The van der Waals surface area contributed by atoms with Crippen molar-refractivity contribution in [3.8, 4) is 11.8 Å². The molecular weight excluding hydrogens is 248 g/mol. The molecule has 20 heavy (non-hydrogen) atoms. The van der Waals surface area contributed by atoms with E-state index in [-0.39, 0.29) is 0 Å². The van der Waals surface area contributed by atoms with E-state index >= 15 is 0 Å². The maximum atomic E-state index is 9.24. The highest BCUT2D eigenvalue weighted by Gasteiger charge is 2.23. The van der Waals surface area contributed by atoms with Crippen molar-refractivity contribution in [2.24, 2.45) is 0 Å². The van der Waals surface area contributed by atoms with Crippen LogP contribution in [0.2, 0.25) is 0 Å². The molecule has 0 amide bonds. The fraction of sp³-hybridized carbons (Fsp3) is 0.588. The highest BCUT2D eigenvalue weighted by Crippen LogP contribution is 2.15. The van der Waals surface area contributed by atoms with Crippen LogP contribution in [-0.2, 0) is 6.42 Å². The van der Waals surface area contributed by atoms with Gasteiger partial charge in [0.1, 0.15) is 17.9 Å². The van der Waals surface area contributed by atoms with Gasteiger partial charge in [-0.2, -0.15) is 5.26 Å². The molecule has 1 rings (SSSR count). The molecule has 0 spiro atoms. The minimum atomic E-state index is -0.628. The summed E-state index contributed by atoms with van der Waals surface area (Å²) in [5.74, 6) is 0.824. The van der Waals surface area contributed by atoms with Gasteiger partial charge in [-0.15, -0.1) is 0 Å². The zero-order chi connectivity index (χ0) is 14.8. The number of nitrogens with one attached hydrogen (secondary N) is 1. The summed E-state index contributed by atoms with van der Waals surface area (Å²) in [6.45, 7) is 7.34. The fourth-order valence-electron chi connectivity index (χ4n) is 1.88. The van der Waals surface area contributed by atoms with E-state index in [4.69, 9.17) is 4.74 Å². The van der Waals surface area contributed by atoms with Gasteiger partial charge in [-0.25, -0.2) is 0 Å². The molecule has 1 N–H and O–H groups in total. The van der Waals surface area contributed by atoms with E-state index in [9.17, 15) is 5.26 Å². The van der Waals surface area contributed by atoms with Gasteiger partial charge < -0.3 is 4.74 Å². The van der Waals surface area contributed by atoms with Crippen LogP contribution in [0.25, 0.3) is 0 Å². The Morgan fingerprint density at radius 1 is 1.20 bits per heavy atom. The largest absolute Gasteiger partial charge is 0.491 e. The molecule has 0 heterocycles. The monoisotopic (exact) mass is 274 g/mol. The number of nitrogens with zero attached hydrogens (tertiary/aromatic N) is 1. The summed E-state index contributed by atoms with van der Waals surface area (Å²) in [6.07, 6.45) is 4.55. The first-order chi connectivity index (χ1) is 9.63. The summed E-state index contributed by atoms with van der Waals surface area (Å²) in [5, 5.41) is 12.5. The van der Waals surface area contributed by atoms with E-state index in [0.717, 1.165) is 25.1 Å². The van der Waals surface area contributed by atoms with Gasteiger partial charge in [0, 0.05) is 0 Å². The van der Waals surface area contributed by atoms with Gasteiger partial charge in [0.15, 0.2) is 0 Å². The van der Waals surface area contributed by atoms with Gasteiger partial charge in [0.2, 0.25) is 0 Å². The summed E-state index contributed by atoms with van der Waals surface area (Å²) in [6, 6.07) is 10.5. The first-order valence-electron chi connectivity index (χ1n) is 7.51. The molecule has 1 aromatic carbocycles. The predicted molar refractivity (Wildman–Crippen MR) is 82.9 cm³/mol. The Bertz CT molecular complexity index is 422. The highest BCUT2D eigenvalue weighted by atomic mass is 16.5. The molecule has 3 heteroatoms. The lowest BCUT2D eigenvalue weighted by Gasteiger charge is -2.23. The van der Waals surface area contributed by atoms with E-state index in [1.807, 2.05) is 19.1 Å². The Morgan fingerprint density at radius 3 is 2.45 bits per heavy atom. The van der Waals surface area contributed by atoms with E-state index in [1.54, 1.807) is 0 Å². The van der Waals surface area contributed by atoms with Gasteiger partial charge in [-0.3, -0.25) is 5.32 Å². The number of aryl methyl sites for hydroxylation is 1. The second-order valence-corrected chi connectivity index (χ2v) is 5.41. The van der Waals surface area contributed by atoms with Crippen molar-refractivity contribution in [3.63, 3.8) is 0 Å². The van der Waals surface area contributed by atoms with Crippen molar-refractivity contribution in [3.05, 3.63) is 29.8 Å². The average molecular weight is 274 g/mol. The molecule has 1 aromatic rings. The maximum absolute atomic E-state index is 9.24. The zero-order valence-corrected chi connectivity index (χ0v) is 12.9. The Morgan fingerprint density at radius 2 is 1.90 bits per heavy atom. The maximum Gasteiger partial charge on any atom is 0.138 e. The van der Waals surface area contributed by atoms with Crippen LogP contribution in [0.15, 0.2) is 24.3 Å². The van der Waals surface area contributed by atoms with Crippen LogP contribution in [0.5, 0.6) is 5.75 Å². The third kappa shape index (κ3) is 5.63. The Balaban J connectivity index is 2.50. The highest BCUT2D eigenvalue weighted by molar-refractivity contribution is 5.27. The lowest BCUT2D eigenvalue weighted by atomic mass is 10.1. The van der Waals surface area contributed by atoms with E-state index in [2.05, 4.69) is 37.4 Å². The summed E-state index contributed by atoms with van der Waals surface area (Å²) in [4.78, 5) is 0. The van der Waals surface area contributed by atoms with Crippen molar-refractivity contribution in [1.82, 2.24) is 5.32 Å². The molecule has 0 aliphatic rings. The number of unbranched alkanes of at least 4 members (excludes halogenated alkanes) is 1. The molecular formula is C17H26N2O. The number of nitriles is 1. The molecule has 0 bridgehead atoms. The summed E-state index contributed by atoms with van der Waals surface area (Å²) >= 11 is 0. The van der Waals surface area contributed by atoms with Crippen LogP contribution in [-0.4, -0.2) is 18.7 Å². The fourth-order valence-corrected chi connectivity index (χ4v) is 1.88. The van der Waals surface area contributed by atoms with Crippen LogP contribution in [0.3, 0.4) is 0 Å². The van der Waals surface area contributed by atoms with Gasteiger partial charge >= 0.3 is 0 Å². The second-order valence-electron chi connectivity index (χ2n) is 5.41. The quantitative estimate of drug-likeness (QED) is 0.747. The molecule has 1 atom stereocenters. The summed E-state index contributed by atoms with van der Waals surface area (Å²) in [7, 11) is 0. The van der Waals surface area contributed by atoms with Crippen molar-refractivity contribution in [2.45, 2.75) is 52.0 Å². The smallest absolute Gasteiger partial charge is 0.138 e. The number of benzene rings is 1. The third-order valence-electron chi connectivity index (χ3n) is 3.28. The molecule has 0 fully saturated rings. The van der Waals surface area contributed by atoms with E-state index < -0.39 is 5.54 Å². The molecule has 3 nitrogen and oxygen atoms in total. The minimum absolute atomic E-state index is 0.359. The average Bonchev–Trinajstić information content (AvgIpc) is 2.50. The summed E-state index contributed by atoms with van der Waals surface area (Å²) < 4.78 is 5.73. The zero-order valence-electron chi connectivity index (χ0n) is 12.9. The van der Waals surface area contributed by atoms with Crippen LogP contribution in [0, 0.1) is 11.3 Å². The normalized spacial score (nSPS) is 13.5. The van der Waals surface area contributed by atoms with Crippen molar-refractivity contribution in [2.75, 3.05) is 13.2 Å². The van der Waals surface area contributed by atoms with E-state index in [0.29, 0.717) is 6.61 Å². The first-order valence-corrected chi connectivity index (χ1v) is 7.51. The molecule has 0 aromatic heterocycles. The number of ether oxygens (including phenoxy) is 1. The third-order valence-corrected chi connectivity index (χ3v) is 3.28. The molecule has 0 saturated carbocycles. The Kier molecular flexibility index (Phi) is 7.11. The van der Waals surface area contributed by atoms with Crippen molar-refractivity contribution < 1.29 is 4.74 Å². The summed E-state index contributed by atoms with van der Waals surface area (Å²) in [5.41, 5.74) is 0.711. The Labute approximate surface area is 123 Å². The number of hydrogen-bond donors (Lipinski definition) is 1. The predicted octanol–water partition coefficient (Wildman–Crippen LogP) is 3.69. The lowest BCUT2D eigenvalue weighted by Crippen LogP contribution is -2.46. The first kappa shape index (κ1) is 16.5. The molecule has 0 saturated heterocycles. The second kappa shape index (κ2) is 8.60. The Hall–Kier alpha value is -1.53. The molecule has 0 aliphatic carbocycles. The standard InChI is InChI=1S/C17H26N2O/c1-4-6-7-15-8-10-16(11-9-15)20-14-17(3,13-18)19-12-5-2/h8-11,19H,4-7,12,14H2,1-3H3. The topological polar surface area (TPSA) is 45.0 Å². The van der Waals surface area contributed by atoms with Crippen molar-refractivity contribution in [1.29, 1.82) is 5.26 Å². The molecule has 0 aliphatic heterocycles. The molecule has 0 radical (unpaired) electrons. The molecule has 1 unspecified atom stereocenters. The van der Waals surface area contributed by atoms with Crippen LogP contribution in [0.1, 0.15) is 45.6 Å². The SMILES string of the molecule is CCCCc1ccc(OCC(C)(C#N)NCCC)cc1. The lowest BCUT2D eigenvalue weighted by molar-refractivity contribution is 0.234. The van der Waals surface area contributed by atoms with Gasteiger partial charge in [0.05, 0.1) is 6.07 Å². The van der Waals surface area contributed by atoms with Crippen LogP contribution in [0.4, 0.5) is 0 Å². The van der Waals surface area contributed by atoms with Gasteiger partial charge in [-0.05, 0) is 50.4 Å². The van der Waals surface area contributed by atoms with E-state index in [1.165, 1.54) is 18.4 Å². The van der Waals surface area contributed by atoms with Gasteiger partial charge in [0.25, 0.3) is 0 Å².